The highest BCUT2D eigenvalue weighted by atomic mass is 32.1. The van der Waals surface area contributed by atoms with Crippen LogP contribution in [-0.4, -0.2) is 40.0 Å². The quantitative estimate of drug-likeness (QED) is 0.831. The van der Waals surface area contributed by atoms with Gasteiger partial charge in [0.05, 0.1) is 22.3 Å². The molecule has 5 heteroatoms. The maximum absolute atomic E-state index is 4.75. The lowest BCUT2D eigenvalue weighted by Gasteiger charge is -2.28. The summed E-state index contributed by atoms with van der Waals surface area (Å²) < 4.78 is 0. The van der Waals surface area contributed by atoms with Gasteiger partial charge in [0.25, 0.3) is 0 Å². The summed E-state index contributed by atoms with van der Waals surface area (Å²) in [5.41, 5.74) is 3.92. The Balaban J connectivity index is 1.83. The maximum atomic E-state index is 4.75. The molecule has 0 aromatic carbocycles. The van der Waals surface area contributed by atoms with Gasteiger partial charge in [0.1, 0.15) is 5.69 Å². The van der Waals surface area contributed by atoms with E-state index in [9.17, 15) is 0 Å². The minimum Gasteiger partial charge on any atom is -0.306 e. The topological polar surface area (TPSA) is 41.9 Å². The van der Waals surface area contributed by atoms with Crippen LogP contribution in [0.2, 0.25) is 0 Å². The summed E-state index contributed by atoms with van der Waals surface area (Å²) in [6, 6.07) is 0. The number of hydrogen-bond acceptors (Lipinski definition) is 5. The number of nitrogens with zero attached hydrogens (tertiary/aromatic N) is 4. The van der Waals surface area contributed by atoms with Crippen LogP contribution in [0, 0.1) is 0 Å². The summed E-state index contributed by atoms with van der Waals surface area (Å²) in [5, 5.41) is 0. The van der Waals surface area contributed by atoms with E-state index in [2.05, 4.69) is 21.9 Å². The number of hydrogen-bond donors (Lipinski definition) is 0. The fourth-order valence-electron chi connectivity index (χ4n) is 2.34. The Morgan fingerprint density at radius 3 is 2.72 bits per heavy atom. The van der Waals surface area contributed by atoms with E-state index in [0.29, 0.717) is 5.92 Å². The molecule has 3 heterocycles. The van der Waals surface area contributed by atoms with E-state index >= 15 is 0 Å². The summed E-state index contributed by atoms with van der Waals surface area (Å²) in [5.74, 6) is 0.557. The van der Waals surface area contributed by atoms with Gasteiger partial charge in [-0.05, 0) is 33.0 Å². The first-order chi connectivity index (χ1) is 8.83. The number of thiazole rings is 1. The van der Waals surface area contributed by atoms with Crippen molar-refractivity contribution in [2.45, 2.75) is 18.8 Å². The molecule has 0 bridgehead atoms. The summed E-state index contributed by atoms with van der Waals surface area (Å²) in [6.07, 6.45) is 7.95. The molecule has 0 amide bonds. The molecule has 0 N–H and O–H groups in total. The number of rotatable bonds is 2. The number of aromatic nitrogens is 3. The molecule has 18 heavy (non-hydrogen) atoms. The molecule has 2 aromatic heterocycles. The fourth-order valence-corrected chi connectivity index (χ4v) is 2.92. The van der Waals surface area contributed by atoms with Gasteiger partial charge in [0.15, 0.2) is 0 Å². The first kappa shape index (κ1) is 11.7. The zero-order valence-corrected chi connectivity index (χ0v) is 11.2. The van der Waals surface area contributed by atoms with Crippen LogP contribution in [-0.2, 0) is 0 Å². The van der Waals surface area contributed by atoms with Crippen LogP contribution in [0.15, 0.2) is 24.1 Å². The van der Waals surface area contributed by atoms with Crippen molar-refractivity contribution in [2.24, 2.45) is 0 Å². The molecular weight excluding hydrogens is 244 g/mol. The Morgan fingerprint density at radius 1 is 1.17 bits per heavy atom. The fraction of sp³-hybridized carbons (Fsp3) is 0.462. The Hall–Kier alpha value is -1.33. The van der Waals surface area contributed by atoms with Crippen LogP contribution in [0.5, 0.6) is 0 Å². The van der Waals surface area contributed by atoms with Crippen molar-refractivity contribution in [3.63, 3.8) is 0 Å². The molecule has 4 nitrogen and oxygen atoms in total. The molecule has 0 aliphatic carbocycles. The van der Waals surface area contributed by atoms with E-state index in [1.807, 2.05) is 24.1 Å². The van der Waals surface area contributed by atoms with E-state index in [-0.39, 0.29) is 0 Å². The molecule has 1 fully saturated rings. The van der Waals surface area contributed by atoms with E-state index in [1.54, 1.807) is 11.3 Å². The van der Waals surface area contributed by atoms with Crippen molar-refractivity contribution in [1.29, 1.82) is 0 Å². The molecule has 0 unspecified atom stereocenters. The maximum Gasteiger partial charge on any atom is 0.100 e. The summed E-state index contributed by atoms with van der Waals surface area (Å²) >= 11 is 1.61. The average Bonchev–Trinajstić information content (AvgIpc) is 2.94. The number of likely N-dealkylation sites (tertiary alicyclic amines) is 1. The highest BCUT2D eigenvalue weighted by Gasteiger charge is 2.20. The summed E-state index contributed by atoms with van der Waals surface area (Å²) in [7, 11) is 2.18. The molecule has 2 aromatic rings. The van der Waals surface area contributed by atoms with E-state index in [0.717, 1.165) is 29.4 Å². The van der Waals surface area contributed by atoms with Gasteiger partial charge < -0.3 is 4.90 Å². The average molecular weight is 260 g/mol. The second kappa shape index (κ2) is 5.12. The minimum atomic E-state index is 0.557. The molecule has 1 saturated heterocycles. The van der Waals surface area contributed by atoms with Crippen molar-refractivity contribution in [1.82, 2.24) is 19.9 Å². The third-order valence-corrected chi connectivity index (χ3v) is 4.27. The van der Waals surface area contributed by atoms with Crippen LogP contribution in [0.25, 0.3) is 10.6 Å². The number of piperidine rings is 1. The predicted octanol–water partition coefficient (Wildman–Crippen LogP) is 2.41. The molecule has 1 aliphatic heterocycles. The van der Waals surface area contributed by atoms with Crippen LogP contribution < -0.4 is 0 Å². The monoisotopic (exact) mass is 260 g/mol. The second-order valence-corrected chi connectivity index (χ2v) is 5.66. The van der Waals surface area contributed by atoms with Gasteiger partial charge in [0, 0.05) is 18.3 Å². The predicted molar refractivity (Wildman–Crippen MR) is 72.6 cm³/mol. The standard InChI is InChI=1S/C13H16N4S/c1-17-4-2-10(3-5-17)11-6-14-7-12(16-11)13-8-15-9-18-13/h6-10H,2-5H2,1H3. The first-order valence-electron chi connectivity index (χ1n) is 6.22. The minimum absolute atomic E-state index is 0.557. The van der Waals surface area contributed by atoms with Crippen molar-refractivity contribution < 1.29 is 0 Å². The molecule has 3 rings (SSSR count). The molecule has 0 saturated carbocycles. The zero-order chi connectivity index (χ0) is 12.4. The van der Waals surface area contributed by atoms with Crippen LogP contribution in [0.3, 0.4) is 0 Å². The first-order valence-corrected chi connectivity index (χ1v) is 7.10. The molecule has 0 radical (unpaired) electrons. The molecule has 0 spiro atoms. The normalized spacial score (nSPS) is 18.1. The van der Waals surface area contributed by atoms with Gasteiger partial charge >= 0.3 is 0 Å². The van der Waals surface area contributed by atoms with E-state index < -0.39 is 0 Å². The largest absolute Gasteiger partial charge is 0.306 e. The lowest BCUT2D eigenvalue weighted by molar-refractivity contribution is 0.253. The van der Waals surface area contributed by atoms with Gasteiger partial charge in [-0.2, -0.15) is 0 Å². The Morgan fingerprint density at radius 2 is 2.00 bits per heavy atom. The Labute approximate surface area is 111 Å². The zero-order valence-electron chi connectivity index (χ0n) is 10.4. The second-order valence-electron chi connectivity index (χ2n) is 4.77. The summed E-state index contributed by atoms with van der Waals surface area (Å²) in [4.78, 5) is 16.7. The summed E-state index contributed by atoms with van der Waals surface area (Å²) in [6.45, 7) is 2.30. The Kier molecular flexibility index (Phi) is 3.34. The molecular formula is C13H16N4S. The van der Waals surface area contributed by atoms with Gasteiger partial charge in [-0.15, -0.1) is 11.3 Å². The van der Waals surface area contributed by atoms with Crippen molar-refractivity contribution >= 4 is 11.3 Å². The van der Waals surface area contributed by atoms with Crippen molar-refractivity contribution in [2.75, 3.05) is 20.1 Å². The lowest BCUT2D eigenvalue weighted by atomic mass is 9.94. The van der Waals surface area contributed by atoms with E-state index in [1.165, 1.54) is 12.8 Å². The van der Waals surface area contributed by atoms with Gasteiger partial charge in [-0.25, -0.2) is 4.98 Å². The van der Waals surface area contributed by atoms with Crippen LogP contribution >= 0.6 is 11.3 Å². The smallest absolute Gasteiger partial charge is 0.100 e. The van der Waals surface area contributed by atoms with Crippen LogP contribution in [0.1, 0.15) is 24.5 Å². The third-order valence-electron chi connectivity index (χ3n) is 3.47. The third kappa shape index (κ3) is 2.42. The van der Waals surface area contributed by atoms with Crippen LogP contribution in [0.4, 0.5) is 0 Å². The molecule has 94 valence electrons. The van der Waals surface area contributed by atoms with Gasteiger partial charge in [-0.3, -0.25) is 9.97 Å². The molecule has 1 aliphatic rings. The van der Waals surface area contributed by atoms with Gasteiger partial charge in [-0.1, -0.05) is 0 Å². The molecule has 0 atom stereocenters. The van der Waals surface area contributed by atoms with Gasteiger partial charge in [0.2, 0.25) is 0 Å². The van der Waals surface area contributed by atoms with E-state index in [4.69, 9.17) is 4.98 Å². The lowest BCUT2D eigenvalue weighted by Crippen LogP contribution is -2.29. The highest BCUT2D eigenvalue weighted by Crippen LogP contribution is 2.28. The highest BCUT2D eigenvalue weighted by molar-refractivity contribution is 7.13. The van der Waals surface area contributed by atoms with Crippen molar-refractivity contribution in [3.8, 4) is 10.6 Å². The Bertz CT molecular complexity index is 503. The van der Waals surface area contributed by atoms with Crippen molar-refractivity contribution in [3.05, 3.63) is 29.8 Å². The SMILES string of the molecule is CN1CCC(c2cncc(-c3cncs3)n2)CC1.